The van der Waals surface area contributed by atoms with Crippen molar-refractivity contribution in [1.82, 2.24) is 20.1 Å². The molecule has 1 fully saturated rings. The van der Waals surface area contributed by atoms with Crippen LogP contribution in [0.1, 0.15) is 34.9 Å². The lowest BCUT2D eigenvalue weighted by atomic mass is 9.75. The summed E-state index contributed by atoms with van der Waals surface area (Å²) >= 11 is 0. The van der Waals surface area contributed by atoms with E-state index < -0.39 is 0 Å². The highest BCUT2D eigenvalue weighted by Gasteiger charge is 2.36. The first kappa shape index (κ1) is 15.5. The Kier molecular flexibility index (Phi) is 4.29. The molecule has 2 heterocycles. The summed E-state index contributed by atoms with van der Waals surface area (Å²) in [7, 11) is 3.29. The van der Waals surface area contributed by atoms with Gasteiger partial charge in [0.1, 0.15) is 5.69 Å². The number of methoxy groups -OCH3 is 1. The number of aliphatic hydroxyl groups is 1. The first-order valence-corrected chi connectivity index (χ1v) is 7.55. The minimum absolute atomic E-state index is 0.188. The number of pyridine rings is 1. The van der Waals surface area contributed by atoms with Gasteiger partial charge in [-0.15, -0.1) is 0 Å². The monoisotopic (exact) mass is 316 g/mol. The van der Waals surface area contributed by atoms with E-state index in [1.54, 1.807) is 38.7 Å². The number of aromatic nitrogens is 3. The van der Waals surface area contributed by atoms with Gasteiger partial charge in [0.15, 0.2) is 0 Å². The fraction of sp³-hybridized carbons (Fsp3) is 0.438. The van der Waals surface area contributed by atoms with Gasteiger partial charge in [-0.1, -0.05) is 6.07 Å². The van der Waals surface area contributed by atoms with Crippen molar-refractivity contribution in [3.05, 3.63) is 41.9 Å². The summed E-state index contributed by atoms with van der Waals surface area (Å²) < 4.78 is 6.61. The standard InChI is InChI=1S/C16H20N4O3/c1-20-13(5-6-18-20)16(22)19-15(11-7-12(21)8-11)10-3-4-14(23-2)17-9-10/h3-6,9,11-12,15,21H,7-8H2,1-2H3,(H,19,22). The van der Waals surface area contributed by atoms with Gasteiger partial charge in [0.2, 0.25) is 5.88 Å². The summed E-state index contributed by atoms with van der Waals surface area (Å²) in [5.74, 6) is 0.531. The minimum atomic E-state index is -0.290. The highest BCUT2D eigenvalue weighted by atomic mass is 16.5. The molecule has 1 amide bonds. The molecular formula is C16H20N4O3. The molecule has 122 valence electrons. The lowest BCUT2D eigenvalue weighted by Gasteiger charge is -2.38. The van der Waals surface area contributed by atoms with E-state index in [1.165, 1.54) is 4.68 Å². The predicted octanol–water partition coefficient (Wildman–Crippen LogP) is 1.07. The van der Waals surface area contributed by atoms with Crippen molar-refractivity contribution in [2.24, 2.45) is 13.0 Å². The number of aliphatic hydroxyl groups excluding tert-OH is 1. The molecule has 1 atom stereocenters. The first-order chi connectivity index (χ1) is 11.1. The fourth-order valence-electron chi connectivity index (χ4n) is 2.88. The van der Waals surface area contributed by atoms with E-state index in [-0.39, 0.29) is 24.0 Å². The van der Waals surface area contributed by atoms with Gasteiger partial charge >= 0.3 is 0 Å². The van der Waals surface area contributed by atoms with Gasteiger partial charge in [-0.25, -0.2) is 4.98 Å². The van der Waals surface area contributed by atoms with Crippen LogP contribution in [0.25, 0.3) is 0 Å². The molecule has 23 heavy (non-hydrogen) atoms. The molecule has 0 saturated heterocycles. The van der Waals surface area contributed by atoms with Gasteiger partial charge in [0.25, 0.3) is 5.91 Å². The summed E-state index contributed by atoms with van der Waals surface area (Å²) in [6.07, 6.45) is 4.34. The third-order valence-corrected chi connectivity index (χ3v) is 4.29. The Balaban J connectivity index is 1.80. The maximum absolute atomic E-state index is 12.5. The molecule has 1 aliphatic carbocycles. The van der Waals surface area contributed by atoms with E-state index in [0.29, 0.717) is 24.4 Å². The summed E-state index contributed by atoms with van der Waals surface area (Å²) in [6.45, 7) is 0. The number of ether oxygens (including phenoxy) is 1. The Bertz CT molecular complexity index is 677. The van der Waals surface area contributed by atoms with Crippen molar-refractivity contribution in [3.63, 3.8) is 0 Å². The number of carbonyl (C=O) groups is 1. The number of carbonyl (C=O) groups excluding carboxylic acids is 1. The summed E-state index contributed by atoms with van der Waals surface area (Å²) in [4.78, 5) is 16.7. The molecule has 3 rings (SSSR count). The van der Waals surface area contributed by atoms with Gasteiger partial charge in [0.05, 0.1) is 19.3 Å². The SMILES string of the molecule is COc1ccc(C(NC(=O)c2ccnn2C)C2CC(O)C2)cn1. The molecule has 0 radical (unpaired) electrons. The van der Waals surface area contributed by atoms with Crippen molar-refractivity contribution < 1.29 is 14.6 Å². The molecule has 2 aromatic rings. The second-order valence-electron chi connectivity index (χ2n) is 5.81. The molecule has 7 heteroatoms. The normalized spacial score (nSPS) is 21.3. The number of hydrogen-bond donors (Lipinski definition) is 2. The van der Waals surface area contributed by atoms with Crippen LogP contribution in [0.4, 0.5) is 0 Å². The fourth-order valence-corrected chi connectivity index (χ4v) is 2.88. The van der Waals surface area contributed by atoms with Gasteiger partial charge in [-0.05, 0) is 30.4 Å². The zero-order chi connectivity index (χ0) is 16.4. The van der Waals surface area contributed by atoms with Gasteiger partial charge in [0, 0.05) is 25.5 Å². The van der Waals surface area contributed by atoms with E-state index in [4.69, 9.17) is 4.74 Å². The van der Waals surface area contributed by atoms with Crippen molar-refractivity contribution in [2.75, 3.05) is 7.11 Å². The summed E-state index contributed by atoms with van der Waals surface area (Å²) in [6, 6.07) is 5.14. The van der Waals surface area contributed by atoms with E-state index in [1.807, 2.05) is 6.07 Å². The third kappa shape index (κ3) is 3.19. The van der Waals surface area contributed by atoms with Crippen LogP contribution in [-0.4, -0.2) is 39.0 Å². The average Bonchev–Trinajstić information content (AvgIpc) is 2.96. The van der Waals surface area contributed by atoms with Crippen LogP contribution in [0.15, 0.2) is 30.6 Å². The van der Waals surface area contributed by atoms with Crippen LogP contribution in [-0.2, 0) is 7.05 Å². The first-order valence-electron chi connectivity index (χ1n) is 7.55. The molecule has 1 saturated carbocycles. The van der Waals surface area contributed by atoms with Gasteiger partial charge in [-0.2, -0.15) is 5.10 Å². The zero-order valence-corrected chi connectivity index (χ0v) is 13.1. The van der Waals surface area contributed by atoms with Crippen LogP contribution < -0.4 is 10.1 Å². The second kappa shape index (κ2) is 6.37. The topological polar surface area (TPSA) is 89.3 Å². The second-order valence-corrected chi connectivity index (χ2v) is 5.81. The molecule has 1 aliphatic rings. The van der Waals surface area contributed by atoms with Crippen LogP contribution >= 0.6 is 0 Å². The number of nitrogens with one attached hydrogen (secondary N) is 1. The molecule has 0 aliphatic heterocycles. The van der Waals surface area contributed by atoms with E-state index >= 15 is 0 Å². The Labute approximate surface area is 134 Å². The quantitative estimate of drug-likeness (QED) is 0.861. The largest absolute Gasteiger partial charge is 0.481 e. The summed E-state index contributed by atoms with van der Waals surface area (Å²) in [5.41, 5.74) is 1.40. The van der Waals surface area contributed by atoms with Crippen molar-refractivity contribution >= 4 is 5.91 Å². The zero-order valence-electron chi connectivity index (χ0n) is 13.1. The van der Waals surface area contributed by atoms with Gasteiger partial charge in [-0.3, -0.25) is 9.48 Å². The maximum Gasteiger partial charge on any atom is 0.270 e. The van der Waals surface area contributed by atoms with Crippen molar-refractivity contribution in [2.45, 2.75) is 25.0 Å². The Hall–Kier alpha value is -2.41. The Morgan fingerprint density at radius 1 is 1.43 bits per heavy atom. The molecule has 2 N–H and O–H groups in total. The lowest BCUT2D eigenvalue weighted by molar-refractivity contribution is 0.0233. The number of hydrogen-bond acceptors (Lipinski definition) is 5. The molecule has 0 bridgehead atoms. The smallest absolute Gasteiger partial charge is 0.270 e. The number of aryl methyl sites for hydroxylation is 1. The van der Waals surface area contributed by atoms with E-state index in [9.17, 15) is 9.90 Å². The predicted molar refractivity (Wildman–Crippen MR) is 82.9 cm³/mol. The molecular weight excluding hydrogens is 296 g/mol. The third-order valence-electron chi connectivity index (χ3n) is 4.29. The molecule has 1 unspecified atom stereocenters. The van der Waals surface area contributed by atoms with Crippen LogP contribution in [0.2, 0.25) is 0 Å². The van der Waals surface area contributed by atoms with E-state index in [2.05, 4.69) is 15.4 Å². The van der Waals surface area contributed by atoms with Gasteiger partial charge < -0.3 is 15.2 Å². The molecule has 7 nitrogen and oxygen atoms in total. The van der Waals surface area contributed by atoms with Crippen molar-refractivity contribution in [1.29, 1.82) is 0 Å². The molecule has 2 aromatic heterocycles. The number of nitrogens with zero attached hydrogens (tertiary/aromatic N) is 3. The van der Waals surface area contributed by atoms with E-state index in [0.717, 1.165) is 5.56 Å². The average molecular weight is 316 g/mol. The molecule has 0 aromatic carbocycles. The highest BCUT2D eigenvalue weighted by Crippen LogP contribution is 2.38. The summed E-state index contributed by atoms with van der Waals surface area (Å²) in [5, 5.41) is 16.7. The lowest BCUT2D eigenvalue weighted by Crippen LogP contribution is -2.41. The minimum Gasteiger partial charge on any atom is -0.481 e. The van der Waals surface area contributed by atoms with Crippen LogP contribution in [0.3, 0.4) is 0 Å². The Morgan fingerprint density at radius 3 is 2.74 bits per heavy atom. The Morgan fingerprint density at radius 2 is 2.22 bits per heavy atom. The van der Waals surface area contributed by atoms with Crippen molar-refractivity contribution in [3.8, 4) is 5.88 Å². The number of rotatable bonds is 5. The highest BCUT2D eigenvalue weighted by molar-refractivity contribution is 5.92. The van der Waals surface area contributed by atoms with Crippen LogP contribution in [0.5, 0.6) is 5.88 Å². The number of amides is 1. The van der Waals surface area contributed by atoms with Crippen LogP contribution in [0, 0.1) is 5.92 Å². The molecule has 0 spiro atoms. The maximum atomic E-state index is 12.5.